The highest BCUT2D eigenvalue weighted by atomic mass is 32.2. The molecule has 0 aromatic heterocycles. The molecular weight excluding hydrogens is 386 g/mol. The molecule has 6 nitrogen and oxygen atoms in total. The highest BCUT2D eigenvalue weighted by molar-refractivity contribution is 7.89. The van der Waals surface area contributed by atoms with Gasteiger partial charge in [0.05, 0.1) is 4.90 Å². The summed E-state index contributed by atoms with van der Waals surface area (Å²) in [5, 5.41) is 0. The number of hydrogen-bond acceptors (Lipinski definition) is 4. The van der Waals surface area contributed by atoms with Crippen molar-refractivity contribution in [2.75, 3.05) is 29.4 Å². The first-order valence-electron chi connectivity index (χ1n) is 10.1. The van der Waals surface area contributed by atoms with Crippen molar-refractivity contribution < 1.29 is 13.2 Å². The summed E-state index contributed by atoms with van der Waals surface area (Å²) in [6.07, 6.45) is 3.12. The molecule has 2 heterocycles. The number of benzene rings is 2. The molecule has 154 valence electrons. The Bertz CT molecular complexity index is 1010. The van der Waals surface area contributed by atoms with Gasteiger partial charge in [0.1, 0.15) is 0 Å². The van der Waals surface area contributed by atoms with E-state index in [0.717, 1.165) is 29.9 Å². The van der Waals surface area contributed by atoms with Crippen molar-refractivity contribution in [3.8, 4) is 0 Å². The summed E-state index contributed by atoms with van der Waals surface area (Å²) < 4.78 is 28.6. The Kier molecular flexibility index (Phi) is 5.36. The maximum absolute atomic E-state index is 12.9. The summed E-state index contributed by atoms with van der Waals surface area (Å²) >= 11 is 0. The van der Waals surface area contributed by atoms with E-state index in [-0.39, 0.29) is 16.8 Å². The molecule has 1 atom stereocenters. The third kappa shape index (κ3) is 4.02. The van der Waals surface area contributed by atoms with Crippen LogP contribution in [0.5, 0.6) is 0 Å². The minimum Gasteiger partial charge on any atom is -0.372 e. The average molecular weight is 414 g/mol. The third-order valence-electron chi connectivity index (χ3n) is 5.83. The maximum Gasteiger partial charge on any atom is 0.241 e. The van der Waals surface area contributed by atoms with Crippen LogP contribution in [0, 0.1) is 0 Å². The van der Waals surface area contributed by atoms with Crippen LogP contribution in [0.2, 0.25) is 0 Å². The third-order valence-corrected chi connectivity index (χ3v) is 7.37. The highest BCUT2D eigenvalue weighted by Crippen LogP contribution is 2.31. The first-order chi connectivity index (χ1) is 13.8. The van der Waals surface area contributed by atoms with E-state index in [1.54, 1.807) is 23.1 Å². The fourth-order valence-corrected chi connectivity index (χ4v) is 5.47. The average Bonchev–Trinajstić information content (AvgIpc) is 3.37. The largest absolute Gasteiger partial charge is 0.372 e. The van der Waals surface area contributed by atoms with Gasteiger partial charge >= 0.3 is 0 Å². The zero-order valence-corrected chi connectivity index (χ0v) is 17.7. The number of amides is 1. The van der Waals surface area contributed by atoms with E-state index in [0.29, 0.717) is 13.0 Å². The van der Waals surface area contributed by atoms with Gasteiger partial charge in [-0.3, -0.25) is 4.79 Å². The van der Waals surface area contributed by atoms with Gasteiger partial charge in [-0.15, -0.1) is 0 Å². The van der Waals surface area contributed by atoms with Crippen LogP contribution in [-0.4, -0.2) is 34.0 Å². The lowest BCUT2D eigenvalue weighted by Crippen LogP contribution is -2.27. The van der Waals surface area contributed by atoms with Crippen LogP contribution in [0.25, 0.3) is 0 Å². The second-order valence-electron chi connectivity index (χ2n) is 7.84. The zero-order chi connectivity index (χ0) is 20.6. The van der Waals surface area contributed by atoms with E-state index in [9.17, 15) is 13.2 Å². The number of sulfonamides is 1. The molecule has 4 rings (SSSR count). The van der Waals surface area contributed by atoms with E-state index in [4.69, 9.17) is 0 Å². The number of rotatable bonds is 5. The molecule has 1 fully saturated rings. The first kappa shape index (κ1) is 19.9. The van der Waals surface area contributed by atoms with Crippen molar-refractivity contribution >= 4 is 27.3 Å². The molecule has 0 bridgehead atoms. The first-order valence-corrected chi connectivity index (χ1v) is 11.6. The Balaban J connectivity index is 1.49. The normalized spacial score (nSPS) is 17.4. The van der Waals surface area contributed by atoms with Crippen LogP contribution in [0.1, 0.15) is 43.9 Å². The van der Waals surface area contributed by atoms with Gasteiger partial charge in [-0.1, -0.05) is 12.1 Å². The second kappa shape index (κ2) is 7.80. The molecule has 1 amide bonds. The van der Waals surface area contributed by atoms with Crippen molar-refractivity contribution in [1.29, 1.82) is 0 Å². The Labute approximate surface area is 172 Å². The van der Waals surface area contributed by atoms with Gasteiger partial charge in [-0.25, -0.2) is 13.1 Å². The van der Waals surface area contributed by atoms with E-state index >= 15 is 0 Å². The number of nitrogens with one attached hydrogen (secondary N) is 1. The monoisotopic (exact) mass is 413 g/mol. The Morgan fingerprint density at radius 3 is 2.38 bits per heavy atom. The molecule has 2 aliphatic heterocycles. The fourth-order valence-electron chi connectivity index (χ4n) is 4.19. The molecule has 2 aromatic rings. The summed E-state index contributed by atoms with van der Waals surface area (Å²) in [6, 6.07) is 12.8. The topological polar surface area (TPSA) is 69.7 Å². The Hall–Kier alpha value is -2.38. The minimum absolute atomic E-state index is 0.0246. The minimum atomic E-state index is -3.66. The van der Waals surface area contributed by atoms with Gasteiger partial charge in [0, 0.05) is 44.0 Å². The predicted octanol–water partition coefficient (Wildman–Crippen LogP) is 3.24. The Morgan fingerprint density at radius 2 is 1.72 bits per heavy atom. The van der Waals surface area contributed by atoms with E-state index in [2.05, 4.69) is 21.8 Å². The lowest BCUT2D eigenvalue weighted by molar-refractivity contribution is -0.116. The number of anilines is 2. The SMILES string of the molecule is CC(=O)N1CCc2cc(S(=O)(=O)N[C@H](C)c3ccc(N4CCCC4)cc3)ccc21. The number of nitrogens with zero attached hydrogens (tertiary/aromatic N) is 2. The van der Waals surface area contributed by atoms with Crippen LogP contribution in [0.4, 0.5) is 11.4 Å². The number of fused-ring (bicyclic) bond motifs is 1. The molecule has 7 heteroatoms. The van der Waals surface area contributed by atoms with Crippen molar-refractivity contribution in [3.63, 3.8) is 0 Å². The Morgan fingerprint density at radius 1 is 1.03 bits per heavy atom. The van der Waals surface area contributed by atoms with Crippen LogP contribution < -0.4 is 14.5 Å². The standard InChI is InChI=1S/C22H27N3O3S/c1-16(18-5-7-20(8-6-18)24-12-3-4-13-24)23-29(27,28)21-9-10-22-19(15-21)11-14-25(22)17(2)26/h5-10,15-16,23H,3-4,11-14H2,1-2H3/t16-/m1/s1. The summed E-state index contributed by atoms with van der Waals surface area (Å²) in [6.45, 7) is 6.15. The molecule has 0 spiro atoms. The fraction of sp³-hybridized carbons (Fsp3) is 0.409. The quantitative estimate of drug-likeness (QED) is 0.817. The molecular formula is C22H27N3O3S. The molecule has 0 saturated carbocycles. The molecule has 2 aromatic carbocycles. The van der Waals surface area contributed by atoms with Gasteiger partial charge in [0.15, 0.2) is 0 Å². The van der Waals surface area contributed by atoms with E-state index in [1.807, 2.05) is 19.1 Å². The molecule has 29 heavy (non-hydrogen) atoms. The van der Waals surface area contributed by atoms with Crippen LogP contribution >= 0.6 is 0 Å². The van der Waals surface area contributed by atoms with Crippen molar-refractivity contribution in [2.45, 2.75) is 44.0 Å². The maximum atomic E-state index is 12.9. The summed E-state index contributed by atoms with van der Waals surface area (Å²) in [4.78, 5) is 16.0. The van der Waals surface area contributed by atoms with Crippen molar-refractivity contribution in [2.24, 2.45) is 0 Å². The van der Waals surface area contributed by atoms with Crippen molar-refractivity contribution in [1.82, 2.24) is 4.72 Å². The van der Waals surface area contributed by atoms with E-state index < -0.39 is 10.0 Å². The summed E-state index contributed by atoms with van der Waals surface area (Å²) in [5.41, 5.74) is 3.82. The van der Waals surface area contributed by atoms with Gasteiger partial charge < -0.3 is 9.80 Å². The van der Waals surface area contributed by atoms with Gasteiger partial charge in [0.25, 0.3) is 0 Å². The van der Waals surface area contributed by atoms with Crippen LogP contribution in [0.3, 0.4) is 0 Å². The summed E-state index contributed by atoms with van der Waals surface area (Å²) in [5.74, 6) is -0.0246. The molecule has 0 aliphatic carbocycles. The lowest BCUT2D eigenvalue weighted by Gasteiger charge is -2.20. The number of carbonyl (C=O) groups is 1. The van der Waals surface area contributed by atoms with Crippen molar-refractivity contribution in [3.05, 3.63) is 53.6 Å². The lowest BCUT2D eigenvalue weighted by atomic mass is 10.1. The molecule has 1 saturated heterocycles. The molecule has 0 radical (unpaired) electrons. The van der Waals surface area contributed by atoms with Crippen LogP contribution in [-0.2, 0) is 21.2 Å². The predicted molar refractivity (Wildman–Crippen MR) is 115 cm³/mol. The van der Waals surface area contributed by atoms with E-state index in [1.165, 1.54) is 25.5 Å². The van der Waals surface area contributed by atoms with Gasteiger partial charge in [0.2, 0.25) is 15.9 Å². The van der Waals surface area contributed by atoms with Crippen LogP contribution in [0.15, 0.2) is 47.4 Å². The van der Waals surface area contributed by atoms with Gasteiger partial charge in [-0.05, 0) is 67.6 Å². The zero-order valence-electron chi connectivity index (χ0n) is 16.9. The second-order valence-corrected chi connectivity index (χ2v) is 9.55. The van der Waals surface area contributed by atoms with Gasteiger partial charge in [-0.2, -0.15) is 0 Å². The molecule has 2 aliphatic rings. The molecule has 1 N–H and O–H groups in total. The molecule has 0 unspecified atom stereocenters. The summed E-state index contributed by atoms with van der Waals surface area (Å²) in [7, 11) is -3.66. The highest BCUT2D eigenvalue weighted by Gasteiger charge is 2.25. The number of hydrogen-bond donors (Lipinski definition) is 1. The number of carbonyl (C=O) groups excluding carboxylic acids is 1. The smallest absolute Gasteiger partial charge is 0.241 e.